The first-order valence-electron chi connectivity index (χ1n) is 6.97. The van der Waals surface area contributed by atoms with Gasteiger partial charge in [-0.05, 0) is 52.4 Å². The summed E-state index contributed by atoms with van der Waals surface area (Å²) in [6.07, 6.45) is 3.81. The van der Waals surface area contributed by atoms with Gasteiger partial charge < -0.3 is 19.5 Å². The third-order valence-electron chi connectivity index (χ3n) is 3.12. The van der Waals surface area contributed by atoms with E-state index in [1.807, 2.05) is 20.8 Å². The average molecular weight is 273 g/mol. The number of nitrogens with one attached hydrogen (secondary N) is 1. The van der Waals surface area contributed by atoms with Gasteiger partial charge in [0.15, 0.2) is 0 Å². The molecule has 0 bridgehead atoms. The Bertz CT molecular complexity index is 267. The summed E-state index contributed by atoms with van der Waals surface area (Å²) in [6.45, 7) is 6.72. The molecule has 0 heterocycles. The van der Waals surface area contributed by atoms with Gasteiger partial charge in [0, 0.05) is 13.2 Å². The van der Waals surface area contributed by atoms with Crippen LogP contribution < -0.4 is 5.32 Å². The minimum atomic E-state index is -0.435. The molecule has 0 aromatic carbocycles. The quantitative estimate of drug-likeness (QED) is 0.618. The highest BCUT2D eigenvalue weighted by molar-refractivity contribution is 5.68. The molecule has 19 heavy (non-hydrogen) atoms. The summed E-state index contributed by atoms with van der Waals surface area (Å²) < 4.78 is 15.5. The van der Waals surface area contributed by atoms with Gasteiger partial charge in [-0.25, -0.2) is 4.79 Å². The van der Waals surface area contributed by atoms with Gasteiger partial charge in [-0.3, -0.25) is 0 Å². The summed E-state index contributed by atoms with van der Waals surface area (Å²) >= 11 is 0. The Morgan fingerprint density at radius 1 is 1.21 bits per heavy atom. The Hall–Kier alpha value is -0.810. The van der Waals surface area contributed by atoms with E-state index in [1.54, 1.807) is 7.11 Å². The van der Waals surface area contributed by atoms with Gasteiger partial charge >= 0.3 is 6.09 Å². The number of alkyl carbamates (subject to hydrolysis) is 1. The van der Waals surface area contributed by atoms with E-state index in [0.717, 1.165) is 32.3 Å². The predicted molar refractivity (Wildman–Crippen MR) is 72.9 cm³/mol. The smallest absolute Gasteiger partial charge is 0.407 e. The number of ether oxygens (including phenoxy) is 3. The first-order chi connectivity index (χ1) is 8.90. The van der Waals surface area contributed by atoms with Gasteiger partial charge in [-0.2, -0.15) is 0 Å². The molecule has 1 rings (SSSR count). The van der Waals surface area contributed by atoms with Crippen LogP contribution in [-0.2, 0) is 14.2 Å². The van der Waals surface area contributed by atoms with E-state index in [2.05, 4.69) is 5.32 Å². The first-order valence-corrected chi connectivity index (χ1v) is 6.97. The van der Waals surface area contributed by atoms with Gasteiger partial charge in [0.05, 0.1) is 6.61 Å². The molecule has 0 radical (unpaired) electrons. The van der Waals surface area contributed by atoms with Crippen LogP contribution in [0.1, 0.15) is 46.5 Å². The molecule has 5 heteroatoms. The molecule has 0 spiro atoms. The molecule has 0 aromatic heterocycles. The number of hydrogen-bond acceptors (Lipinski definition) is 4. The molecule has 1 aliphatic rings. The third-order valence-corrected chi connectivity index (χ3v) is 3.12. The van der Waals surface area contributed by atoms with Crippen molar-refractivity contribution in [1.82, 2.24) is 5.32 Å². The number of methoxy groups -OCH3 is 1. The lowest BCUT2D eigenvalue weighted by Gasteiger charge is -2.29. The topological polar surface area (TPSA) is 56.8 Å². The Morgan fingerprint density at radius 2 is 1.84 bits per heavy atom. The van der Waals surface area contributed by atoms with E-state index in [-0.39, 0.29) is 12.1 Å². The second kappa shape index (κ2) is 7.70. The van der Waals surface area contributed by atoms with Crippen LogP contribution in [0.25, 0.3) is 0 Å². The van der Waals surface area contributed by atoms with Crippen molar-refractivity contribution >= 4 is 6.09 Å². The van der Waals surface area contributed by atoms with Gasteiger partial charge in [0.2, 0.25) is 0 Å². The van der Waals surface area contributed by atoms with Crippen molar-refractivity contribution in [1.29, 1.82) is 0 Å². The molecular formula is C14H27NO4. The maximum atomic E-state index is 11.6. The summed E-state index contributed by atoms with van der Waals surface area (Å²) in [5, 5.41) is 2.94. The van der Waals surface area contributed by atoms with Crippen LogP contribution in [0.2, 0.25) is 0 Å². The summed E-state index contributed by atoms with van der Waals surface area (Å²) in [5.74, 6) is 0.576. The fraction of sp³-hybridized carbons (Fsp3) is 0.929. The molecule has 0 aliphatic heterocycles. The zero-order valence-corrected chi connectivity index (χ0v) is 12.5. The number of carbonyl (C=O) groups is 1. The molecule has 1 saturated carbocycles. The largest absolute Gasteiger partial charge is 0.444 e. The highest BCUT2D eigenvalue weighted by Gasteiger charge is 2.24. The first kappa shape index (κ1) is 16.2. The van der Waals surface area contributed by atoms with E-state index < -0.39 is 5.60 Å². The Morgan fingerprint density at radius 3 is 2.37 bits per heavy atom. The normalized spacial score (nSPS) is 24.0. The molecule has 5 nitrogen and oxygen atoms in total. The lowest BCUT2D eigenvalue weighted by atomic mass is 9.86. The van der Waals surface area contributed by atoms with Crippen molar-refractivity contribution in [3.63, 3.8) is 0 Å². The number of rotatable bonds is 5. The van der Waals surface area contributed by atoms with Crippen molar-refractivity contribution < 1.29 is 19.0 Å². The molecule has 1 N–H and O–H groups in total. The van der Waals surface area contributed by atoms with Crippen LogP contribution in [0.5, 0.6) is 0 Å². The fourth-order valence-corrected chi connectivity index (χ4v) is 2.25. The maximum absolute atomic E-state index is 11.6. The van der Waals surface area contributed by atoms with Crippen LogP contribution in [0, 0.1) is 5.92 Å². The average Bonchev–Trinajstić information content (AvgIpc) is 2.29. The minimum absolute atomic E-state index is 0.230. The Balaban J connectivity index is 2.17. The number of hydrogen-bond donors (Lipinski definition) is 1. The third kappa shape index (κ3) is 7.38. The summed E-state index contributed by atoms with van der Waals surface area (Å²) in [4.78, 5) is 11.6. The van der Waals surface area contributed by atoms with Crippen molar-refractivity contribution in [2.75, 3.05) is 20.5 Å². The molecule has 112 valence electrons. The van der Waals surface area contributed by atoms with Crippen molar-refractivity contribution in [2.24, 2.45) is 5.92 Å². The van der Waals surface area contributed by atoms with E-state index in [9.17, 15) is 4.79 Å². The second-order valence-electron chi connectivity index (χ2n) is 6.14. The Kier molecular flexibility index (Phi) is 6.58. The van der Waals surface area contributed by atoms with Crippen LogP contribution in [-0.4, -0.2) is 38.2 Å². The highest BCUT2D eigenvalue weighted by atomic mass is 16.7. The van der Waals surface area contributed by atoms with Crippen LogP contribution in [0.3, 0.4) is 0 Å². The van der Waals surface area contributed by atoms with E-state index in [4.69, 9.17) is 14.2 Å². The summed E-state index contributed by atoms with van der Waals surface area (Å²) in [6, 6.07) is 0.230. The molecule has 1 aliphatic carbocycles. The zero-order valence-electron chi connectivity index (χ0n) is 12.5. The molecule has 1 amide bonds. The molecule has 0 atom stereocenters. The van der Waals surface area contributed by atoms with Gasteiger partial charge in [0.25, 0.3) is 0 Å². The van der Waals surface area contributed by atoms with E-state index in [1.165, 1.54) is 0 Å². The molecular weight excluding hydrogens is 246 g/mol. The zero-order chi connectivity index (χ0) is 14.3. The van der Waals surface area contributed by atoms with E-state index in [0.29, 0.717) is 12.7 Å². The van der Waals surface area contributed by atoms with Gasteiger partial charge in [-0.15, -0.1) is 0 Å². The van der Waals surface area contributed by atoms with Crippen molar-refractivity contribution in [2.45, 2.75) is 58.1 Å². The molecule has 0 aromatic rings. The second-order valence-corrected chi connectivity index (χ2v) is 6.14. The lowest BCUT2D eigenvalue weighted by Crippen LogP contribution is -2.41. The van der Waals surface area contributed by atoms with Crippen molar-refractivity contribution in [3.05, 3.63) is 0 Å². The van der Waals surface area contributed by atoms with Gasteiger partial charge in [0.1, 0.15) is 12.4 Å². The number of carbonyl (C=O) groups excluding carboxylic acids is 1. The molecule has 1 fully saturated rings. The summed E-state index contributed by atoms with van der Waals surface area (Å²) in [7, 11) is 1.63. The SMILES string of the molecule is COCOC[C@H]1CC[C@H](NC(=O)OC(C)(C)C)CC1. The minimum Gasteiger partial charge on any atom is -0.444 e. The Labute approximate surface area is 116 Å². The molecule has 0 unspecified atom stereocenters. The van der Waals surface area contributed by atoms with E-state index >= 15 is 0 Å². The predicted octanol–water partition coefficient (Wildman–Crippen LogP) is 2.69. The summed E-state index contributed by atoms with van der Waals surface area (Å²) in [5.41, 5.74) is -0.435. The number of amides is 1. The fourth-order valence-electron chi connectivity index (χ4n) is 2.25. The van der Waals surface area contributed by atoms with Crippen LogP contribution in [0.15, 0.2) is 0 Å². The van der Waals surface area contributed by atoms with Crippen LogP contribution in [0.4, 0.5) is 4.79 Å². The standard InChI is InChI=1S/C14H27NO4/c1-14(2,3)19-13(16)15-12-7-5-11(6-8-12)9-18-10-17-4/h11-12H,5-10H2,1-4H3,(H,15,16)/t11-,12-. The molecule has 0 saturated heterocycles. The highest BCUT2D eigenvalue weighted by Crippen LogP contribution is 2.24. The van der Waals surface area contributed by atoms with Crippen LogP contribution >= 0.6 is 0 Å². The monoisotopic (exact) mass is 273 g/mol. The maximum Gasteiger partial charge on any atom is 0.407 e. The van der Waals surface area contributed by atoms with Crippen molar-refractivity contribution in [3.8, 4) is 0 Å². The van der Waals surface area contributed by atoms with Gasteiger partial charge in [-0.1, -0.05) is 0 Å². The lowest BCUT2D eigenvalue weighted by molar-refractivity contribution is -0.0478.